The molecule has 3 rings (SSSR count). The summed E-state index contributed by atoms with van der Waals surface area (Å²) in [4.78, 5) is 26.1. The van der Waals surface area contributed by atoms with Crippen LogP contribution in [-0.4, -0.2) is 38.6 Å². The van der Waals surface area contributed by atoms with E-state index in [0.717, 1.165) is 17.3 Å². The molecule has 1 saturated heterocycles. The Morgan fingerprint density at radius 3 is 2.85 bits per heavy atom. The van der Waals surface area contributed by atoms with E-state index in [1.807, 2.05) is 30.3 Å². The quantitative estimate of drug-likeness (QED) is 0.889. The normalized spacial score (nSPS) is 18.7. The Morgan fingerprint density at radius 2 is 2.15 bits per heavy atom. The van der Waals surface area contributed by atoms with Crippen LogP contribution in [0.4, 0.5) is 0 Å². The van der Waals surface area contributed by atoms with Gasteiger partial charge in [-0.25, -0.2) is 0 Å². The highest BCUT2D eigenvalue weighted by atomic mass is 32.1. The molecule has 6 nitrogen and oxygen atoms in total. The van der Waals surface area contributed by atoms with Gasteiger partial charge in [-0.3, -0.25) is 9.59 Å². The number of amides is 2. The van der Waals surface area contributed by atoms with Crippen molar-refractivity contribution in [3.8, 4) is 0 Å². The Bertz CT molecular complexity index is 615. The van der Waals surface area contributed by atoms with Gasteiger partial charge in [0.25, 0.3) is 5.91 Å². The molecule has 2 amide bonds. The monoisotopic (exact) mass is 288 g/mol. The van der Waals surface area contributed by atoms with Crippen molar-refractivity contribution < 1.29 is 9.59 Å². The van der Waals surface area contributed by atoms with Crippen molar-refractivity contribution in [3.63, 3.8) is 0 Å². The first kappa shape index (κ1) is 12.7. The van der Waals surface area contributed by atoms with Gasteiger partial charge >= 0.3 is 0 Å². The molecule has 0 unspecified atom stereocenters. The van der Waals surface area contributed by atoms with Crippen molar-refractivity contribution in [2.45, 2.75) is 6.04 Å². The van der Waals surface area contributed by atoms with Crippen LogP contribution in [-0.2, 0) is 4.79 Å². The predicted molar refractivity (Wildman–Crippen MR) is 73.1 cm³/mol. The van der Waals surface area contributed by atoms with Crippen LogP contribution in [0, 0.1) is 0 Å². The first-order chi connectivity index (χ1) is 9.77. The Morgan fingerprint density at radius 1 is 1.35 bits per heavy atom. The SMILES string of the molecule is O=C1NCCN(C(=O)c2cnsn2)[C@@H]1c1ccccc1. The second-order valence-corrected chi connectivity index (χ2v) is 4.95. The molecule has 2 heterocycles. The van der Waals surface area contributed by atoms with Crippen LogP contribution in [0.25, 0.3) is 0 Å². The molecule has 0 saturated carbocycles. The summed E-state index contributed by atoms with van der Waals surface area (Å²) in [7, 11) is 0. The Labute approximate surface area is 119 Å². The number of carbonyl (C=O) groups excluding carboxylic acids is 2. The van der Waals surface area contributed by atoms with Gasteiger partial charge in [0.1, 0.15) is 6.04 Å². The van der Waals surface area contributed by atoms with Gasteiger partial charge < -0.3 is 10.2 Å². The summed E-state index contributed by atoms with van der Waals surface area (Å²) in [5, 5.41) is 2.79. The fraction of sp³-hybridized carbons (Fsp3) is 0.231. The van der Waals surface area contributed by atoms with E-state index in [1.165, 1.54) is 6.20 Å². The van der Waals surface area contributed by atoms with E-state index >= 15 is 0 Å². The van der Waals surface area contributed by atoms with Crippen LogP contribution in [0.2, 0.25) is 0 Å². The van der Waals surface area contributed by atoms with Crippen LogP contribution in [0.15, 0.2) is 36.5 Å². The molecule has 7 heteroatoms. The standard InChI is InChI=1S/C13H12N4O2S/c18-12-11(9-4-2-1-3-5-9)17(7-6-14-12)13(19)10-8-15-20-16-10/h1-5,8,11H,6-7H2,(H,14,18)/t11-/m1/s1. The lowest BCUT2D eigenvalue weighted by atomic mass is 10.0. The minimum absolute atomic E-state index is 0.168. The molecule has 1 aromatic carbocycles. The maximum absolute atomic E-state index is 12.4. The average Bonchev–Trinajstić information content (AvgIpc) is 3.01. The number of rotatable bonds is 2. The van der Waals surface area contributed by atoms with E-state index < -0.39 is 6.04 Å². The van der Waals surface area contributed by atoms with Gasteiger partial charge in [0, 0.05) is 13.1 Å². The van der Waals surface area contributed by atoms with Crippen LogP contribution in [0.3, 0.4) is 0 Å². The van der Waals surface area contributed by atoms with Crippen LogP contribution in [0.1, 0.15) is 22.1 Å². The van der Waals surface area contributed by atoms with Crippen molar-refractivity contribution in [1.82, 2.24) is 19.0 Å². The van der Waals surface area contributed by atoms with Crippen molar-refractivity contribution in [2.24, 2.45) is 0 Å². The van der Waals surface area contributed by atoms with Gasteiger partial charge in [-0.1, -0.05) is 30.3 Å². The van der Waals surface area contributed by atoms with Crippen molar-refractivity contribution in [2.75, 3.05) is 13.1 Å². The molecule has 1 aliphatic heterocycles. The third-order valence-electron chi connectivity index (χ3n) is 3.17. The third kappa shape index (κ3) is 2.27. The number of nitrogens with zero attached hydrogens (tertiary/aromatic N) is 3. The van der Waals surface area contributed by atoms with E-state index in [2.05, 4.69) is 14.1 Å². The summed E-state index contributed by atoms with van der Waals surface area (Å²) >= 11 is 0.982. The summed E-state index contributed by atoms with van der Waals surface area (Å²) in [6.07, 6.45) is 1.43. The van der Waals surface area contributed by atoms with Crippen molar-refractivity contribution in [3.05, 3.63) is 47.8 Å². The number of piperazine rings is 1. The summed E-state index contributed by atoms with van der Waals surface area (Å²) in [5.41, 5.74) is 1.08. The van der Waals surface area contributed by atoms with Crippen molar-refractivity contribution >= 4 is 23.5 Å². The van der Waals surface area contributed by atoms with E-state index in [0.29, 0.717) is 13.1 Å². The number of nitrogens with one attached hydrogen (secondary N) is 1. The molecule has 1 aliphatic rings. The third-order valence-corrected chi connectivity index (χ3v) is 3.65. The van der Waals surface area contributed by atoms with E-state index in [-0.39, 0.29) is 17.5 Å². The minimum atomic E-state index is -0.612. The molecule has 1 N–H and O–H groups in total. The topological polar surface area (TPSA) is 75.2 Å². The molecule has 0 aliphatic carbocycles. The zero-order chi connectivity index (χ0) is 13.9. The average molecular weight is 288 g/mol. The van der Waals surface area contributed by atoms with Gasteiger partial charge in [-0.15, -0.1) is 0 Å². The summed E-state index contributed by atoms with van der Waals surface area (Å²) < 4.78 is 7.79. The number of hydrogen-bond donors (Lipinski definition) is 1. The lowest BCUT2D eigenvalue weighted by molar-refractivity contribution is -0.128. The second-order valence-electron chi connectivity index (χ2n) is 4.40. The molecule has 0 radical (unpaired) electrons. The van der Waals surface area contributed by atoms with Gasteiger partial charge in [0.2, 0.25) is 5.91 Å². The molecule has 102 valence electrons. The number of aromatic nitrogens is 2. The lowest BCUT2D eigenvalue weighted by Gasteiger charge is -2.34. The molecule has 2 aromatic rings. The largest absolute Gasteiger partial charge is 0.352 e. The van der Waals surface area contributed by atoms with Gasteiger partial charge in [0.05, 0.1) is 17.9 Å². The highest BCUT2D eigenvalue weighted by molar-refractivity contribution is 6.99. The van der Waals surface area contributed by atoms with Gasteiger partial charge in [0.15, 0.2) is 5.69 Å². The molecule has 1 fully saturated rings. The van der Waals surface area contributed by atoms with E-state index in [9.17, 15) is 9.59 Å². The summed E-state index contributed by atoms with van der Waals surface area (Å²) in [5.74, 6) is -0.429. The van der Waals surface area contributed by atoms with Crippen LogP contribution < -0.4 is 5.32 Å². The summed E-state index contributed by atoms with van der Waals surface area (Å²) in [6, 6.07) is 8.65. The Kier molecular flexibility index (Phi) is 3.42. The Balaban J connectivity index is 1.95. The van der Waals surface area contributed by atoms with Gasteiger partial charge in [-0.2, -0.15) is 8.75 Å². The molecule has 0 bridgehead atoms. The number of hydrogen-bond acceptors (Lipinski definition) is 5. The van der Waals surface area contributed by atoms with Crippen LogP contribution >= 0.6 is 11.7 Å². The number of carbonyl (C=O) groups is 2. The molecule has 1 aromatic heterocycles. The fourth-order valence-corrected chi connectivity index (χ4v) is 2.67. The smallest absolute Gasteiger partial charge is 0.276 e. The fourth-order valence-electron chi connectivity index (χ4n) is 2.26. The first-order valence-electron chi connectivity index (χ1n) is 6.18. The Hall–Kier alpha value is -2.28. The highest BCUT2D eigenvalue weighted by Crippen LogP contribution is 2.24. The second kappa shape index (κ2) is 5.38. The molecule has 0 spiro atoms. The zero-order valence-electron chi connectivity index (χ0n) is 10.5. The molecule has 20 heavy (non-hydrogen) atoms. The van der Waals surface area contributed by atoms with Gasteiger partial charge in [-0.05, 0) is 5.56 Å². The molecular formula is C13H12N4O2S. The van der Waals surface area contributed by atoms with E-state index in [1.54, 1.807) is 4.90 Å². The van der Waals surface area contributed by atoms with Crippen LogP contribution in [0.5, 0.6) is 0 Å². The van der Waals surface area contributed by atoms with Crippen molar-refractivity contribution in [1.29, 1.82) is 0 Å². The summed E-state index contributed by atoms with van der Waals surface area (Å²) in [6.45, 7) is 0.910. The minimum Gasteiger partial charge on any atom is -0.352 e. The predicted octanol–water partition coefficient (Wildman–Crippen LogP) is 0.851. The first-order valence-corrected chi connectivity index (χ1v) is 6.91. The highest BCUT2D eigenvalue weighted by Gasteiger charge is 2.35. The molecular weight excluding hydrogens is 276 g/mol. The number of benzene rings is 1. The maximum atomic E-state index is 12.4. The zero-order valence-corrected chi connectivity index (χ0v) is 11.3. The molecule has 1 atom stereocenters. The van der Waals surface area contributed by atoms with E-state index in [4.69, 9.17) is 0 Å². The maximum Gasteiger partial charge on any atom is 0.276 e. The lowest BCUT2D eigenvalue weighted by Crippen LogP contribution is -2.52.